The first-order chi connectivity index (χ1) is 16.6. The van der Waals surface area contributed by atoms with Gasteiger partial charge in [-0.1, -0.05) is 87.4 Å². The molecule has 2 amide bonds. The van der Waals surface area contributed by atoms with Crippen molar-refractivity contribution < 1.29 is 14.4 Å². The van der Waals surface area contributed by atoms with Gasteiger partial charge < -0.3 is 4.84 Å². The Morgan fingerprint density at radius 1 is 1.14 bits per heavy atom. The van der Waals surface area contributed by atoms with Crippen molar-refractivity contribution in [3.05, 3.63) is 76.0 Å². The zero-order valence-corrected chi connectivity index (χ0v) is 22.9. The fourth-order valence-electron chi connectivity index (χ4n) is 3.67. The molecule has 2 heterocycles. The van der Waals surface area contributed by atoms with E-state index in [0.717, 1.165) is 21.1 Å². The SMILES string of the molecule is CO/N=C(/Cc1cccnc1)c1ccc(Cl)cc1Cl.O=C1C2CC=CCC2C(=O)N1SC(Cl)(Cl)Cl. The van der Waals surface area contributed by atoms with Crippen LogP contribution >= 0.6 is 70.0 Å². The van der Waals surface area contributed by atoms with Crippen LogP contribution in [0.4, 0.5) is 0 Å². The molecule has 2 unspecified atom stereocenters. The summed E-state index contributed by atoms with van der Waals surface area (Å²) in [6.45, 7) is 0. The first kappa shape index (κ1) is 28.1. The Morgan fingerprint density at radius 2 is 1.80 bits per heavy atom. The maximum Gasteiger partial charge on any atom is 0.256 e. The highest BCUT2D eigenvalue weighted by atomic mass is 35.6. The molecule has 2 aliphatic rings. The van der Waals surface area contributed by atoms with Gasteiger partial charge >= 0.3 is 0 Å². The summed E-state index contributed by atoms with van der Waals surface area (Å²) in [5, 5.41) is 5.18. The molecule has 1 aromatic carbocycles. The quantitative estimate of drug-likeness (QED) is 0.0940. The van der Waals surface area contributed by atoms with Gasteiger partial charge in [-0.3, -0.25) is 14.6 Å². The smallest absolute Gasteiger partial charge is 0.256 e. The van der Waals surface area contributed by atoms with Crippen molar-refractivity contribution in [1.29, 1.82) is 0 Å². The Bertz CT molecular complexity index is 1100. The van der Waals surface area contributed by atoms with Crippen LogP contribution in [0.1, 0.15) is 24.0 Å². The summed E-state index contributed by atoms with van der Waals surface area (Å²) in [7, 11) is 1.51. The predicted molar refractivity (Wildman–Crippen MR) is 143 cm³/mol. The number of fused-ring (bicyclic) bond motifs is 1. The molecule has 1 aliphatic carbocycles. The van der Waals surface area contributed by atoms with Gasteiger partial charge in [0.15, 0.2) is 0 Å². The number of aromatic nitrogens is 1. The maximum absolute atomic E-state index is 11.9. The van der Waals surface area contributed by atoms with Crippen molar-refractivity contribution in [2.24, 2.45) is 17.0 Å². The number of allylic oxidation sites excluding steroid dienone is 2. The van der Waals surface area contributed by atoms with Crippen molar-refractivity contribution in [1.82, 2.24) is 9.29 Å². The van der Waals surface area contributed by atoms with Gasteiger partial charge in [0.2, 0.25) is 11.8 Å². The lowest BCUT2D eigenvalue weighted by Crippen LogP contribution is -2.26. The van der Waals surface area contributed by atoms with E-state index in [4.69, 9.17) is 62.8 Å². The average Bonchev–Trinajstić information content (AvgIpc) is 3.04. The van der Waals surface area contributed by atoms with Crippen LogP contribution in [0.3, 0.4) is 0 Å². The molecule has 0 N–H and O–H groups in total. The minimum absolute atomic E-state index is 0.254. The van der Waals surface area contributed by atoms with Crippen molar-refractivity contribution in [2.45, 2.75) is 22.4 Å². The highest BCUT2D eigenvalue weighted by Gasteiger charge is 2.49. The van der Waals surface area contributed by atoms with Gasteiger partial charge in [0.25, 0.3) is 3.12 Å². The fraction of sp³-hybridized carbons (Fsp3) is 0.304. The third kappa shape index (κ3) is 7.75. The van der Waals surface area contributed by atoms with Gasteiger partial charge in [0.1, 0.15) is 7.11 Å². The number of pyridine rings is 1. The van der Waals surface area contributed by atoms with E-state index < -0.39 is 3.12 Å². The summed E-state index contributed by atoms with van der Waals surface area (Å²) in [6, 6.07) is 9.15. The van der Waals surface area contributed by atoms with E-state index in [0.29, 0.717) is 41.3 Å². The molecule has 0 radical (unpaired) electrons. The van der Waals surface area contributed by atoms with Crippen molar-refractivity contribution in [2.75, 3.05) is 7.11 Å². The van der Waals surface area contributed by atoms with E-state index in [2.05, 4.69) is 10.1 Å². The zero-order valence-electron chi connectivity index (χ0n) is 18.3. The molecule has 1 aromatic heterocycles. The van der Waals surface area contributed by atoms with Crippen LogP contribution in [0.2, 0.25) is 10.0 Å². The third-order valence-corrected chi connectivity index (χ3v) is 7.12. The van der Waals surface area contributed by atoms with E-state index in [9.17, 15) is 9.59 Å². The number of imide groups is 1. The molecule has 2 atom stereocenters. The Morgan fingerprint density at radius 3 is 2.31 bits per heavy atom. The lowest BCUT2D eigenvalue weighted by atomic mass is 9.85. The van der Waals surface area contributed by atoms with E-state index >= 15 is 0 Å². The van der Waals surface area contributed by atoms with Crippen LogP contribution in [-0.2, 0) is 20.8 Å². The molecule has 1 aliphatic heterocycles. The van der Waals surface area contributed by atoms with E-state index in [1.165, 1.54) is 7.11 Å². The summed E-state index contributed by atoms with van der Waals surface area (Å²) in [5.74, 6) is -1.07. The third-order valence-electron chi connectivity index (χ3n) is 5.20. The summed E-state index contributed by atoms with van der Waals surface area (Å²) in [4.78, 5) is 32.8. The molecule has 4 rings (SSSR count). The minimum atomic E-state index is -1.69. The Kier molecular flexibility index (Phi) is 10.2. The number of rotatable bonds is 5. The van der Waals surface area contributed by atoms with Crippen LogP contribution in [0, 0.1) is 11.8 Å². The van der Waals surface area contributed by atoms with E-state index in [-0.39, 0.29) is 23.7 Å². The second-order valence-corrected chi connectivity index (χ2v) is 12.5. The highest BCUT2D eigenvalue weighted by molar-refractivity contribution is 8.03. The molecule has 0 spiro atoms. The van der Waals surface area contributed by atoms with Gasteiger partial charge in [-0.25, -0.2) is 4.31 Å². The molecule has 186 valence electrons. The second kappa shape index (κ2) is 12.7. The Hall–Kier alpha value is -1.48. The number of nitrogens with zero attached hydrogens (tertiary/aromatic N) is 3. The number of benzene rings is 1. The summed E-state index contributed by atoms with van der Waals surface area (Å²) in [6.07, 6.45) is 9.11. The molecule has 2 aromatic rings. The lowest BCUT2D eigenvalue weighted by Gasteiger charge is -2.17. The predicted octanol–water partition coefficient (Wildman–Crippen LogP) is 6.90. The number of hydrogen-bond donors (Lipinski definition) is 0. The fourth-order valence-corrected chi connectivity index (χ4v) is 5.47. The number of alkyl halides is 3. The molecule has 1 fully saturated rings. The topological polar surface area (TPSA) is 71.9 Å². The van der Waals surface area contributed by atoms with Crippen molar-refractivity contribution >= 4 is 87.5 Å². The summed E-state index contributed by atoms with van der Waals surface area (Å²) < 4.78 is -0.693. The number of halogens is 5. The van der Waals surface area contributed by atoms with Gasteiger partial charge in [-0.15, -0.1) is 0 Å². The first-order valence-electron chi connectivity index (χ1n) is 10.3. The molecule has 0 saturated carbocycles. The molecular weight excluding hydrogens is 576 g/mol. The Labute approximate surface area is 232 Å². The van der Waals surface area contributed by atoms with Gasteiger partial charge in [-0.05, 0) is 36.6 Å². The lowest BCUT2D eigenvalue weighted by molar-refractivity contribution is -0.133. The van der Waals surface area contributed by atoms with Crippen LogP contribution in [0.25, 0.3) is 0 Å². The normalized spacial score (nSPS) is 19.8. The number of amides is 2. The Balaban J connectivity index is 0.000000198. The highest BCUT2D eigenvalue weighted by Crippen LogP contribution is 2.46. The van der Waals surface area contributed by atoms with Gasteiger partial charge in [0.05, 0.1) is 22.6 Å². The summed E-state index contributed by atoms with van der Waals surface area (Å²) in [5.41, 5.74) is 2.57. The van der Waals surface area contributed by atoms with Crippen LogP contribution in [0.15, 0.2) is 60.0 Å². The van der Waals surface area contributed by atoms with Crippen molar-refractivity contribution in [3.63, 3.8) is 0 Å². The number of carbonyl (C=O) groups is 2. The molecule has 6 nitrogen and oxygen atoms in total. The molecule has 1 saturated heterocycles. The monoisotopic (exact) mass is 593 g/mol. The number of oxime groups is 1. The zero-order chi connectivity index (χ0) is 25.6. The minimum Gasteiger partial charge on any atom is -0.399 e. The van der Waals surface area contributed by atoms with Crippen LogP contribution in [0.5, 0.6) is 0 Å². The number of hydrogen-bond acceptors (Lipinski definition) is 6. The van der Waals surface area contributed by atoms with Gasteiger partial charge in [0, 0.05) is 41.3 Å². The standard InChI is InChI=1S/C14H12Cl2N2O.C9H8Cl3NO2S/c1-19-18-14(7-10-3-2-6-17-9-10)12-5-4-11(15)8-13(12)16;10-9(11,12)16-13-7(14)5-3-1-2-4-6(5)8(13)15/h2-6,8-9H,7H2,1H3;1-2,5-6H,3-4H2/b18-14-;. The largest absolute Gasteiger partial charge is 0.399 e. The molecule has 35 heavy (non-hydrogen) atoms. The van der Waals surface area contributed by atoms with E-state index in [1.54, 1.807) is 24.5 Å². The van der Waals surface area contributed by atoms with Crippen LogP contribution < -0.4 is 0 Å². The molecule has 12 heteroatoms. The van der Waals surface area contributed by atoms with Gasteiger partial charge in [-0.2, -0.15) is 0 Å². The summed E-state index contributed by atoms with van der Waals surface area (Å²) >= 11 is 29.5. The molecule has 0 bridgehead atoms. The first-order valence-corrected chi connectivity index (χ1v) is 13.0. The average molecular weight is 596 g/mol. The molecular formula is C23H20Cl5N3O3S. The van der Waals surface area contributed by atoms with E-state index in [1.807, 2.05) is 30.4 Å². The van der Waals surface area contributed by atoms with Crippen LogP contribution in [-0.4, -0.2) is 37.0 Å². The second-order valence-electron chi connectivity index (χ2n) is 7.55. The maximum atomic E-state index is 11.9. The van der Waals surface area contributed by atoms with Crippen molar-refractivity contribution in [3.8, 4) is 0 Å². The number of carbonyl (C=O) groups excluding carboxylic acids is 2.